The Kier molecular flexibility index (Phi) is 12.1. The van der Waals surface area contributed by atoms with Crippen LogP contribution in [0.1, 0.15) is 52.2 Å². The fraction of sp³-hybridized carbons (Fsp3) is 0.562. The molecule has 43 heavy (non-hydrogen) atoms. The maximum atomic E-state index is 13.6. The molecule has 1 amide bonds. The van der Waals surface area contributed by atoms with Gasteiger partial charge in [0.1, 0.15) is 18.5 Å². The number of ketones is 1. The lowest BCUT2D eigenvalue weighted by atomic mass is 9.91. The van der Waals surface area contributed by atoms with Crippen molar-refractivity contribution in [1.29, 1.82) is 0 Å². The topological polar surface area (TPSA) is 131 Å². The molecule has 0 bridgehead atoms. The largest absolute Gasteiger partial charge is 0.486 e. The van der Waals surface area contributed by atoms with E-state index in [1.54, 1.807) is 48.5 Å². The molecule has 11 heteroatoms. The molecule has 10 nitrogen and oxygen atoms in total. The van der Waals surface area contributed by atoms with Gasteiger partial charge in [-0.05, 0) is 49.1 Å². The summed E-state index contributed by atoms with van der Waals surface area (Å²) >= 11 is 0. The highest BCUT2D eigenvalue weighted by Gasteiger charge is 2.32. The Hall–Kier alpha value is -2.99. The maximum Gasteiger partial charge on any atom is 0.407 e. The van der Waals surface area contributed by atoms with Gasteiger partial charge in [-0.1, -0.05) is 64.4 Å². The van der Waals surface area contributed by atoms with Crippen molar-refractivity contribution in [2.75, 3.05) is 32.9 Å². The molecule has 0 spiro atoms. The summed E-state index contributed by atoms with van der Waals surface area (Å²) in [5.74, 6) is 0.477. The van der Waals surface area contributed by atoms with E-state index < -0.39 is 33.7 Å². The van der Waals surface area contributed by atoms with E-state index >= 15 is 0 Å². The van der Waals surface area contributed by atoms with Crippen LogP contribution < -0.4 is 10.1 Å². The molecule has 1 aliphatic rings. The number of amides is 1. The first-order valence-corrected chi connectivity index (χ1v) is 16.1. The molecule has 2 N–H and O–H groups in total. The molecule has 0 radical (unpaired) electrons. The smallest absolute Gasteiger partial charge is 0.407 e. The number of rotatable bonds is 14. The number of Topliss-reactive ketones (excluding diaryl/α,β-unsaturated/α-hetero) is 1. The first kappa shape index (κ1) is 34.5. The summed E-state index contributed by atoms with van der Waals surface area (Å²) in [6.07, 6.45) is -1.58. The maximum absolute atomic E-state index is 13.6. The Balaban J connectivity index is 1.79. The number of sulfonamides is 1. The second kappa shape index (κ2) is 15.1. The van der Waals surface area contributed by atoms with Gasteiger partial charge in [0.15, 0.2) is 5.78 Å². The van der Waals surface area contributed by atoms with Crippen LogP contribution in [0.25, 0.3) is 0 Å². The SMILES string of the molecule is Cc1ccc(S(=O)(=O)N(CC(C)C)CC(O)C(Cc2ccc(OCC(=O)C(C)(C)C)cc2)NC(=O)OC2CCOC2)cc1. The van der Waals surface area contributed by atoms with E-state index in [4.69, 9.17) is 14.2 Å². The van der Waals surface area contributed by atoms with Gasteiger partial charge in [0.05, 0.1) is 30.3 Å². The third-order valence-electron chi connectivity index (χ3n) is 7.13. The standard InChI is InChI=1S/C32H46N2O8S/c1-22(2)18-34(43(38,39)27-13-7-23(3)8-14-27)19-29(35)28(33-31(37)42-26-15-16-40-20-26)17-24-9-11-25(12-10-24)41-21-30(36)32(4,5)6/h7-14,22,26,28-29,35H,15-21H2,1-6H3,(H,33,37). The van der Waals surface area contributed by atoms with E-state index in [2.05, 4.69) is 5.32 Å². The molecule has 0 aliphatic carbocycles. The van der Waals surface area contributed by atoms with Gasteiger partial charge in [-0.3, -0.25) is 4.79 Å². The second-order valence-corrected chi connectivity index (χ2v) is 14.5. The van der Waals surface area contributed by atoms with Gasteiger partial charge >= 0.3 is 6.09 Å². The number of aryl methyl sites for hydroxylation is 1. The molecule has 1 aliphatic heterocycles. The average molecular weight is 619 g/mol. The normalized spacial score (nSPS) is 17.1. The first-order chi connectivity index (χ1) is 20.1. The summed E-state index contributed by atoms with van der Waals surface area (Å²) < 4.78 is 44.9. The van der Waals surface area contributed by atoms with Crippen LogP contribution in [0, 0.1) is 18.3 Å². The van der Waals surface area contributed by atoms with Gasteiger partial charge in [0, 0.05) is 24.9 Å². The van der Waals surface area contributed by atoms with Crippen molar-refractivity contribution in [2.24, 2.45) is 11.3 Å². The number of hydrogen-bond acceptors (Lipinski definition) is 8. The van der Waals surface area contributed by atoms with Gasteiger partial charge in [0.2, 0.25) is 10.0 Å². The summed E-state index contributed by atoms with van der Waals surface area (Å²) in [7, 11) is -3.92. The lowest BCUT2D eigenvalue weighted by Crippen LogP contribution is -2.51. The van der Waals surface area contributed by atoms with E-state index in [9.17, 15) is 23.1 Å². The summed E-state index contributed by atoms with van der Waals surface area (Å²) in [5, 5.41) is 14.2. The molecule has 3 unspecified atom stereocenters. The Morgan fingerprint density at radius 1 is 1.07 bits per heavy atom. The molecule has 238 valence electrons. The summed E-state index contributed by atoms with van der Waals surface area (Å²) in [6, 6.07) is 12.7. The summed E-state index contributed by atoms with van der Waals surface area (Å²) in [5.41, 5.74) is 1.19. The number of hydrogen-bond donors (Lipinski definition) is 2. The Morgan fingerprint density at radius 2 is 1.72 bits per heavy atom. The van der Waals surface area contributed by atoms with Crippen LogP contribution in [-0.4, -0.2) is 80.9 Å². The quantitative estimate of drug-likeness (QED) is 0.323. The third-order valence-corrected chi connectivity index (χ3v) is 8.98. The molecule has 3 atom stereocenters. The van der Waals surface area contributed by atoms with Gasteiger partial charge < -0.3 is 24.6 Å². The highest BCUT2D eigenvalue weighted by Crippen LogP contribution is 2.21. The number of carbonyl (C=O) groups is 2. The van der Waals surface area contributed by atoms with Crippen LogP contribution >= 0.6 is 0 Å². The predicted molar refractivity (Wildman–Crippen MR) is 164 cm³/mol. The highest BCUT2D eigenvalue weighted by atomic mass is 32.2. The van der Waals surface area contributed by atoms with Gasteiger partial charge in [-0.2, -0.15) is 4.31 Å². The number of carbonyl (C=O) groups excluding carboxylic acids is 2. The molecule has 2 aromatic rings. The number of aliphatic hydroxyl groups excluding tert-OH is 1. The van der Waals surface area contributed by atoms with E-state index in [-0.39, 0.29) is 48.8 Å². The number of alkyl carbamates (subject to hydrolysis) is 1. The minimum Gasteiger partial charge on any atom is -0.486 e. The second-order valence-electron chi connectivity index (χ2n) is 12.5. The number of aliphatic hydroxyl groups is 1. The predicted octanol–water partition coefficient (Wildman–Crippen LogP) is 4.12. The molecular weight excluding hydrogens is 572 g/mol. The molecule has 0 aromatic heterocycles. The molecule has 3 rings (SSSR count). The van der Waals surface area contributed by atoms with Crippen molar-refractivity contribution in [3.8, 4) is 5.75 Å². The summed E-state index contributed by atoms with van der Waals surface area (Å²) in [6.45, 7) is 11.9. The van der Waals surface area contributed by atoms with Gasteiger partial charge in [-0.25, -0.2) is 13.2 Å². The van der Waals surface area contributed by atoms with Crippen molar-refractivity contribution in [3.63, 3.8) is 0 Å². The first-order valence-electron chi connectivity index (χ1n) is 14.7. The zero-order valence-corrected chi connectivity index (χ0v) is 26.9. The minimum atomic E-state index is -3.92. The fourth-order valence-electron chi connectivity index (χ4n) is 4.44. The average Bonchev–Trinajstić information content (AvgIpc) is 3.44. The Bertz CT molecular complexity index is 1300. The van der Waals surface area contributed by atoms with E-state index in [1.165, 1.54) is 4.31 Å². The van der Waals surface area contributed by atoms with E-state index in [0.717, 1.165) is 11.1 Å². The van der Waals surface area contributed by atoms with Crippen LogP contribution in [0.2, 0.25) is 0 Å². The van der Waals surface area contributed by atoms with Crippen molar-refractivity contribution in [2.45, 2.75) is 77.5 Å². The van der Waals surface area contributed by atoms with Crippen LogP contribution in [0.15, 0.2) is 53.4 Å². The molecule has 1 fully saturated rings. The fourth-order valence-corrected chi connectivity index (χ4v) is 6.06. The van der Waals surface area contributed by atoms with Crippen LogP contribution in [0.5, 0.6) is 5.75 Å². The zero-order valence-electron chi connectivity index (χ0n) is 26.0. The number of ether oxygens (including phenoxy) is 3. The molecule has 0 saturated carbocycles. The highest BCUT2D eigenvalue weighted by molar-refractivity contribution is 7.89. The molecule has 1 heterocycles. The number of nitrogens with one attached hydrogen (secondary N) is 1. The van der Waals surface area contributed by atoms with Crippen LogP contribution in [0.3, 0.4) is 0 Å². The zero-order chi connectivity index (χ0) is 31.8. The molecular formula is C32H46N2O8S. The number of benzene rings is 2. The van der Waals surface area contributed by atoms with Crippen molar-refractivity contribution >= 4 is 21.9 Å². The Morgan fingerprint density at radius 3 is 2.28 bits per heavy atom. The third kappa shape index (κ3) is 10.6. The molecule has 1 saturated heterocycles. The van der Waals surface area contributed by atoms with Gasteiger partial charge in [-0.15, -0.1) is 0 Å². The van der Waals surface area contributed by atoms with Gasteiger partial charge in [0.25, 0.3) is 0 Å². The lowest BCUT2D eigenvalue weighted by Gasteiger charge is -2.30. The number of nitrogens with zero attached hydrogens (tertiary/aromatic N) is 1. The lowest BCUT2D eigenvalue weighted by molar-refractivity contribution is -0.128. The van der Waals surface area contributed by atoms with Crippen LogP contribution in [0.4, 0.5) is 4.79 Å². The van der Waals surface area contributed by atoms with E-state index in [0.29, 0.717) is 25.4 Å². The molecule has 2 aromatic carbocycles. The van der Waals surface area contributed by atoms with Crippen molar-refractivity contribution < 1.29 is 37.3 Å². The van der Waals surface area contributed by atoms with Crippen molar-refractivity contribution in [1.82, 2.24) is 9.62 Å². The van der Waals surface area contributed by atoms with Crippen LogP contribution in [-0.2, 0) is 30.7 Å². The summed E-state index contributed by atoms with van der Waals surface area (Å²) in [4.78, 5) is 25.2. The Labute approximate surface area is 255 Å². The monoisotopic (exact) mass is 618 g/mol. The minimum absolute atomic E-state index is 0.0103. The van der Waals surface area contributed by atoms with E-state index in [1.807, 2.05) is 41.5 Å². The van der Waals surface area contributed by atoms with Crippen molar-refractivity contribution in [3.05, 3.63) is 59.7 Å².